The van der Waals surface area contributed by atoms with Gasteiger partial charge in [0.05, 0.1) is 5.41 Å². The lowest BCUT2D eigenvalue weighted by atomic mass is 9.82. The number of nitrogens with one attached hydrogen (secondary N) is 1. The number of rotatable bonds is 5. The molecule has 1 aromatic rings. The van der Waals surface area contributed by atoms with Crippen LogP contribution in [0.1, 0.15) is 37.8 Å². The zero-order valence-electron chi connectivity index (χ0n) is 12.1. The molecular formula is C16H24N2O. The Bertz CT molecular complexity index is 475. The summed E-state index contributed by atoms with van der Waals surface area (Å²) in [6.45, 7) is 7.55. The van der Waals surface area contributed by atoms with Crippen molar-refractivity contribution in [3.63, 3.8) is 0 Å². The molecule has 0 unspecified atom stereocenters. The van der Waals surface area contributed by atoms with Gasteiger partial charge in [0.1, 0.15) is 0 Å². The van der Waals surface area contributed by atoms with E-state index in [1.807, 2.05) is 12.1 Å². The van der Waals surface area contributed by atoms with Crippen molar-refractivity contribution < 1.29 is 4.79 Å². The number of benzene rings is 1. The topological polar surface area (TPSA) is 55.1 Å². The summed E-state index contributed by atoms with van der Waals surface area (Å²) < 4.78 is 0. The van der Waals surface area contributed by atoms with E-state index in [0.717, 1.165) is 12.8 Å². The van der Waals surface area contributed by atoms with Crippen LogP contribution in [0.3, 0.4) is 0 Å². The first-order chi connectivity index (χ1) is 8.91. The third kappa shape index (κ3) is 2.81. The maximum absolute atomic E-state index is 12.1. The summed E-state index contributed by atoms with van der Waals surface area (Å²) >= 11 is 0. The van der Waals surface area contributed by atoms with Crippen LogP contribution in [-0.4, -0.2) is 19.0 Å². The molecule has 3 nitrogen and oxygen atoms in total. The Hall–Kier alpha value is -1.35. The highest BCUT2D eigenvalue weighted by atomic mass is 16.2. The van der Waals surface area contributed by atoms with E-state index in [-0.39, 0.29) is 16.7 Å². The average molecular weight is 260 g/mol. The lowest BCUT2D eigenvalue weighted by Crippen LogP contribution is -2.42. The highest BCUT2D eigenvalue weighted by Gasteiger charge is 2.48. The van der Waals surface area contributed by atoms with E-state index in [1.165, 1.54) is 11.1 Å². The van der Waals surface area contributed by atoms with Gasteiger partial charge >= 0.3 is 0 Å². The van der Waals surface area contributed by atoms with Gasteiger partial charge in [0.15, 0.2) is 0 Å². The molecule has 104 valence electrons. The van der Waals surface area contributed by atoms with Gasteiger partial charge < -0.3 is 11.1 Å². The van der Waals surface area contributed by atoms with Crippen LogP contribution in [0.4, 0.5) is 0 Å². The van der Waals surface area contributed by atoms with Gasteiger partial charge in [-0.05, 0) is 30.9 Å². The molecule has 19 heavy (non-hydrogen) atoms. The lowest BCUT2D eigenvalue weighted by Gasteiger charge is -2.28. The Kier molecular flexibility index (Phi) is 3.68. The summed E-state index contributed by atoms with van der Waals surface area (Å²) in [4.78, 5) is 12.1. The number of nitrogens with two attached hydrogens (primary N) is 1. The Morgan fingerprint density at radius 1 is 1.37 bits per heavy atom. The summed E-state index contributed by atoms with van der Waals surface area (Å²) in [5.74, 6) is 0.122. The molecule has 0 spiro atoms. The van der Waals surface area contributed by atoms with Gasteiger partial charge in [0.25, 0.3) is 0 Å². The van der Waals surface area contributed by atoms with E-state index in [9.17, 15) is 4.79 Å². The minimum absolute atomic E-state index is 0.0638. The number of hydrogen-bond donors (Lipinski definition) is 2. The molecule has 3 heteroatoms. The maximum atomic E-state index is 12.1. The maximum Gasteiger partial charge on any atom is 0.227 e. The highest BCUT2D eigenvalue weighted by molar-refractivity contribution is 5.85. The van der Waals surface area contributed by atoms with Crippen molar-refractivity contribution in [2.45, 2.75) is 39.0 Å². The first-order valence-electron chi connectivity index (χ1n) is 6.96. The summed E-state index contributed by atoms with van der Waals surface area (Å²) in [5, 5.41) is 3.08. The molecule has 2 rings (SSSR count). The number of carbonyl (C=O) groups is 1. The minimum atomic E-state index is -0.262. The van der Waals surface area contributed by atoms with E-state index in [1.54, 1.807) is 0 Å². The molecule has 1 fully saturated rings. The summed E-state index contributed by atoms with van der Waals surface area (Å²) in [5.41, 5.74) is 7.91. The van der Waals surface area contributed by atoms with Gasteiger partial charge in [0.2, 0.25) is 5.91 Å². The Morgan fingerprint density at radius 2 is 2.00 bits per heavy atom. The molecular weight excluding hydrogens is 236 g/mol. The van der Waals surface area contributed by atoms with Gasteiger partial charge in [0, 0.05) is 18.5 Å². The van der Waals surface area contributed by atoms with E-state index in [2.05, 4.69) is 38.2 Å². The van der Waals surface area contributed by atoms with Crippen LogP contribution in [0.5, 0.6) is 0 Å². The predicted octanol–water partition coefficient (Wildman–Crippen LogP) is 2.13. The fourth-order valence-electron chi connectivity index (χ4n) is 2.59. The van der Waals surface area contributed by atoms with Crippen molar-refractivity contribution in [3.05, 3.63) is 35.4 Å². The first-order valence-corrected chi connectivity index (χ1v) is 6.96. The zero-order chi connectivity index (χ0) is 14.1. The summed E-state index contributed by atoms with van der Waals surface area (Å²) in [7, 11) is 0. The molecule has 3 N–H and O–H groups in total. The number of carbonyl (C=O) groups excluding carboxylic acids is 1. The van der Waals surface area contributed by atoms with E-state index in [0.29, 0.717) is 13.1 Å². The van der Waals surface area contributed by atoms with Crippen molar-refractivity contribution >= 4 is 5.91 Å². The van der Waals surface area contributed by atoms with E-state index >= 15 is 0 Å². The first kappa shape index (κ1) is 14.1. The van der Waals surface area contributed by atoms with Crippen molar-refractivity contribution in [1.82, 2.24) is 5.32 Å². The number of amides is 1. The zero-order valence-corrected chi connectivity index (χ0v) is 12.1. The quantitative estimate of drug-likeness (QED) is 0.852. The normalized spacial score (nSPS) is 17.1. The summed E-state index contributed by atoms with van der Waals surface area (Å²) in [6, 6.07) is 8.34. The van der Waals surface area contributed by atoms with Crippen LogP contribution in [-0.2, 0) is 10.2 Å². The van der Waals surface area contributed by atoms with Crippen LogP contribution in [0.15, 0.2) is 24.3 Å². The van der Waals surface area contributed by atoms with Gasteiger partial charge in [-0.3, -0.25) is 4.79 Å². The van der Waals surface area contributed by atoms with E-state index in [4.69, 9.17) is 5.73 Å². The smallest absolute Gasteiger partial charge is 0.227 e. The molecule has 1 aromatic carbocycles. The largest absolute Gasteiger partial charge is 0.355 e. The van der Waals surface area contributed by atoms with Gasteiger partial charge in [-0.2, -0.15) is 0 Å². The van der Waals surface area contributed by atoms with Crippen molar-refractivity contribution in [3.8, 4) is 0 Å². The van der Waals surface area contributed by atoms with Gasteiger partial charge in [-0.1, -0.05) is 38.1 Å². The predicted molar refractivity (Wildman–Crippen MR) is 77.9 cm³/mol. The third-order valence-electron chi connectivity index (χ3n) is 4.29. The highest BCUT2D eigenvalue weighted by Crippen LogP contribution is 2.44. The minimum Gasteiger partial charge on any atom is -0.355 e. The molecule has 1 amide bonds. The Morgan fingerprint density at radius 3 is 2.53 bits per heavy atom. The average Bonchev–Trinajstić information content (AvgIpc) is 3.17. The molecule has 1 aliphatic carbocycles. The number of aryl methyl sites for hydroxylation is 1. The lowest BCUT2D eigenvalue weighted by molar-refractivity contribution is -0.126. The van der Waals surface area contributed by atoms with Crippen LogP contribution in [0.2, 0.25) is 0 Å². The second-order valence-electron chi connectivity index (χ2n) is 6.37. The fraction of sp³-hybridized carbons (Fsp3) is 0.562. The molecule has 0 bridgehead atoms. The monoisotopic (exact) mass is 260 g/mol. The van der Waals surface area contributed by atoms with Crippen molar-refractivity contribution in [2.75, 3.05) is 13.1 Å². The molecule has 0 radical (unpaired) electrons. The molecule has 1 saturated carbocycles. The van der Waals surface area contributed by atoms with Crippen molar-refractivity contribution in [2.24, 2.45) is 11.1 Å². The van der Waals surface area contributed by atoms with Crippen LogP contribution < -0.4 is 11.1 Å². The Labute approximate surface area is 115 Å². The number of hydrogen-bond acceptors (Lipinski definition) is 2. The SMILES string of the molecule is Cc1ccccc1C(C)(C)CNC(=O)C1(CN)CC1. The molecule has 1 aliphatic rings. The van der Waals surface area contributed by atoms with Crippen LogP contribution >= 0.6 is 0 Å². The fourth-order valence-corrected chi connectivity index (χ4v) is 2.59. The van der Waals surface area contributed by atoms with Crippen molar-refractivity contribution in [1.29, 1.82) is 0 Å². The standard InChI is InChI=1S/C16H24N2O/c1-12-6-4-5-7-13(12)15(2,3)11-18-14(19)16(10-17)8-9-16/h4-7H,8-11,17H2,1-3H3,(H,18,19). The van der Waals surface area contributed by atoms with Gasteiger partial charge in [-0.25, -0.2) is 0 Å². The van der Waals surface area contributed by atoms with Gasteiger partial charge in [-0.15, -0.1) is 0 Å². The summed E-state index contributed by atoms with van der Waals surface area (Å²) in [6.07, 6.45) is 1.86. The molecule has 0 aliphatic heterocycles. The van der Waals surface area contributed by atoms with Crippen LogP contribution in [0.25, 0.3) is 0 Å². The molecule has 0 aromatic heterocycles. The molecule has 0 atom stereocenters. The second kappa shape index (κ2) is 4.97. The van der Waals surface area contributed by atoms with Crippen LogP contribution in [0, 0.1) is 12.3 Å². The molecule has 0 heterocycles. The van der Waals surface area contributed by atoms with E-state index < -0.39 is 0 Å². The third-order valence-corrected chi connectivity index (χ3v) is 4.29. The second-order valence-corrected chi connectivity index (χ2v) is 6.37. The Balaban J connectivity index is 2.02. The molecule has 0 saturated heterocycles.